The zero-order chi connectivity index (χ0) is 16.3. The van der Waals surface area contributed by atoms with Crippen molar-refractivity contribution in [1.29, 1.82) is 0 Å². The van der Waals surface area contributed by atoms with E-state index < -0.39 is 5.91 Å². The lowest BCUT2D eigenvalue weighted by molar-refractivity contribution is -0.118. The normalized spacial score (nSPS) is 10.4. The Morgan fingerprint density at radius 1 is 0.909 bits per heavy atom. The highest BCUT2D eigenvalue weighted by Crippen LogP contribution is 2.33. The van der Waals surface area contributed by atoms with Crippen LogP contribution in [0.5, 0.6) is 5.75 Å². The van der Waals surface area contributed by atoms with E-state index in [1.165, 1.54) is 18.2 Å². The van der Waals surface area contributed by atoms with Crippen LogP contribution in [0, 0.1) is 0 Å². The second-order valence-electron chi connectivity index (χ2n) is 4.16. The highest BCUT2D eigenvalue weighted by molar-refractivity contribution is 6.43. The minimum absolute atomic E-state index is 0.256. The molecule has 2 aromatic rings. The lowest BCUT2D eigenvalue weighted by atomic mass is 10.3. The third kappa shape index (κ3) is 4.58. The number of hydrogen-bond acceptors (Lipinski definition) is 2. The summed E-state index contributed by atoms with van der Waals surface area (Å²) in [5.41, 5.74) is 0.430. The van der Waals surface area contributed by atoms with Crippen molar-refractivity contribution >= 4 is 69.6 Å². The first kappa shape index (κ1) is 17.5. The molecular formula is C14H8Cl5NO2. The fraction of sp³-hybridized carbons (Fsp3) is 0.0714. The van der Waals surface area contributed by atoms with Crippen LogP contribution in [0.1, 0.15) is 0 Å². The topological polar surface area (TPSA) is 38.3 Å². The number of hydrogen-bond donors (Lipinski definition) is 1. The number of ether oxygens (including phenoxy) is 1. The van der Waals surface area contributed by atoms with E-state index >= 15 is 0 Å². The maximum atomic E-state index is 11.9. The fourth-order valence-corrected chi connectivity index (χ4v) is 2.58. The smallest absolute Gasteiger partial charge is 0.262 e. The van der Waals surface area contributed by atoms with Gasteiger partial charge in [-0.15, -0.1) is 0 Å². The van der Waals surface area contributed by atoms with E-state index in [-0.39, 0.29) is 22.4 Å². The monoisotopic (exact) mass is 397 g/mol. The van der Waals surface area contributed by atoms with Crippen LogP contribution in [0.2, 0.25) is 25.1 Å². The van der Waals surface area contributed by atoms with E-state index in [1.807, 2.05) is 0 Å². The van der Waals surface area contributed by atoms with Gasteiger partial charge in [-0.05, 0) is 24.3 Å². The van der Waals surface area contributed by atoms with Gasteiger partial charge in [0.15, 0.2) is 6.61 Å². The Kier molecular flexibility index (Phi) is 6.07. The van der Waals surface area contributed by atoms with Crippen LogP contribution in [0.25, 0.3) is 0 Å². The maximum Gasteiger partial charge on any atom is 0.262 e. The van der Waals surface area contributed by atoms with Crippen molar-refractivity contribution in [1.82, 2.24) is 0 Å². The van der Waals surface area contributed by atoms with Crippen molar-refractivity contribution < 1.29 is 9.53 Å². The van der Waals surface area contributed by atoms with E-state index in [2.05, 4.69) is 5.32 Å². The zero-order valence-electron chi connectivity index (χ0n) is 10.8. The largest absolute Gasteiger partial charge is 0.482 e. The Balaban J connectivity index is 2.00. The summed E-state index contributed by atoms with van der Waals surface area (Å²) in [6.45, 7) is -0.267. The molecule has 8 heteroatoms. The van der Waals surface area contributed by atoms with Gasteiger partial charge in [-0.2, -0.15) is 0 Å². The Morgan fingerprint density at radius 2 is 1.59 bits per heavy atom. The molecule has 1 amide bonds. The van der Waals surface area contributed by atoms with Gasteiger partial charge < -0.3 is 10.1 Å². The van der Waals surface area contributed by atoms with Crippen LogP contribution in [-0.2, 0) is 4.79 Å². The molecule has 0 saturated carbocycles. The van der Waals surface area contributed by atoms with Gasteiger partial charge >= 0.3 is 0 Å². The Hall–Kier alpha value is -0.840. The predicted octanol–water partition coefficient (Wildman–Crippen LogP) is 5.97. The molecule has 0 spiro atoms. The molecule has 0 heterocycles. The summed E-state index contributed by atoms with van der Waals surface area (Å²) in [6, 6.07) is 7.60. The summed E-state index contributed by atoms with van der Waals surface area (Å²) in [7, 11) is 0. The summed E-state index contributed by atoms with van der Waals surface area (Å²) in [4.78, 5) is 11.9. The number of rotatable bonds is 4. The van der Waals surface area contributed by atoms with E-state index in [0.717, 1.165) is 0 Å². The first-order chi connectivity index (χ1) is 10.4. The number of halogens is 5. The number of anilines is 1. The number of benzene rings is 2. The molecule has 0 aliphatic heterocycles. The molecule has 0 aliphatic rings. The van der Waals surface area contributed by atoms with Gasteiger partial charge in [0.1, 0.15) is 5.75 Å². The molecule has 3 nitrogen and oxygen atoms in total. The average molecular weight is 399 g/mol. The van der Waals surface area contributed by atoms with E-state index in [9.17, 15) is 4.79 Å². The van der Waals surface area contributed by atoms with Gasteiger partial charge in [0.2, 0.25) is 0 Å². The summed E-state index contributed by atoms with van der Waals surface area (Å²) >= 11 is 29.4. The molecule has 0 saturated heterocycles. The van der Waals surface area contributed by atoms with Gasteiger partial charge in [0.25, 0.3) is 5.91 Å². The quantitative estimate of drug-likeness (QED) is 0.643. The maximum absolute atomic E-state index is 11.9. The number of carbonyl (C=O) groups is 1. The van der Waals surface area contributed by atoms with Gasteiger partial charge in [-0.25, -0.2) is 0 Å². The number of amides is 1. The van der Waals surface area contributed by atoms with Crippen molar-refractivity contribution in [3.05, 3.63) is 55.4 Å². The van der Waals surface area contributed by atoms with Gasteiger partial charge in [0, 0.05) is 11.1 Å². The molecule has 2 aromatic carbocycles. The van der Waals surface area contributed by atoms with Crippen molar-refractivity contribution in [2.75, 3.05) is 11.9 Å². The second-order valence-corrected chi connectivity index (χ2v) is 6.22. The molecule has 0 radical (unpaired) electrons. The Labute approximate surface area is 152 Å². The minimum atomic E-state index is -0.411. The SMILES string of the molecule is O=C(COc1cc(Cl)c(Cl)cc1Cl)Nc1ccc(Cl)cc1Cl. The lowest BCUT2D eigenvalue weighted by Gasteiger charge is -2.10. The van der Waals surface area contributed by atoms with E-state index in [1.54, 1.807) is 12.1 Å². The van der Waals surface area contributed by atoms with Crippen molar-refractivity contribution in [2.24, 2.45) is 0 Å². The molecular weight excluding hydrogens is 391 g/mol. The van der Waals surface area contributed by atoms with Crippen LogP contribution in [0.3, 0.4) is 0 Å². The predicted molar refractivity (Wildman–Crippen MR) is 92.1 cm³/mol. The molecule has 0 fully saturated rings. The van der Waals surface area contributed by atoms with E-state index in [4.69, 9.17) is 62.7 Å². The zero-order valence-corrected chi connectivity index (χ0v) is 14.6. The third-order valence-electron chi connectivity index (χ3n) is 2.54. The van der Waals surface area contributed by atoms with Crippen LogP contribution in [0.15, 0.2) is 30.3 Å². The van der Waals surface area contributed by atoms with Gasteiger partial charge in [-0.1, -0.05) is 58.0 Å². The lowest BCUT2D eigenvalue weighted by Crippen LogP contribution is -2.20. The van der Waals surface area contributed by atoms with Crippen LogP contribution < -0.4 is 10.1 Å². The fourth-order valence-electron chi connectivity index (χ4n) is 1.54. The Morgan fingerprint density at radius 3 is 2.27 bits per heavy atom. The summed E-state index contributed by atoms with van der Waals surface area (Å²) in [5, 5.41) is 4.24. The first-order valence-electron chi connectivity index (χ1n) is 5.89. The average Bonchev–Trinajstić information content (AvgIpc) is 2.44. The molecule has 0 atom stereocenters. The standard InChI is InChI=1S/C14H8Cl5NO2/c15-7-1-2-12(10(18)3-7)20-14(21)6-22-13-5-9(17)8(16)4-11(13)19/h1-5H,6H2,(H,20,21). The molecule has 0 aliphatic carbocycles. The molecule has 1 N–H and O–H groups in total. The second kappa shape index (κ2) is 7.62. The molecule has 116 valence electrons. The van der Waals surface area contributed by atoms with Crippen molar-refractivity contribution in [3.63, 3.8) is 0 Å². The highest BCUT2D eigenvalue weighted by Gasteiger charge is 2.11. The molecule has 22 heavy (non-hydrogen) atoms. The van der Waals surface area contributed by atoms with Gasteiger partial charge in [-0.3, -0.25) is 4.79 Å². The number of nitrogens with one attached hydrogen (secondary N) is 1. The molecule has 0 bridgehead atoms. The minimum Gasteiger partial charge on any atom is -0.482 e. The van der Waals surface area contributed by atoms with Crippen molar-refractivity contribution in [2.45, 2.75) is 0 Å². The summed E-state index contributed by atoms with van der Waals surface area (Å²) in [6.07, 6.45) is 0. The van der Waals surface area contributed by atoms with Crippen LogP contribution >= 0.6 is 58.0 Å². The van der Waals surface area contributed by atoms with E-state index in [0.29, 0.717) is 20.8 Å². The van der Waals surface area contributed by atoms with Gasteiger partial charge in [0.05, 0.1) is 25.8 Å². The molecule has 0 unspecified atom stereocenters. The first-order valence-corrected chi connectivity index (χ1v) is 7.78. The summed E-state index contributed by atoms with van der Waals surface area (Å²) in [5.74, 6) is -0.153. The number of carbonyl (C=O) groups excluding carboxylic acids is 1. The summed E-state index contributed by atoms with van der Waals surface area (Å²) < 4.78 is 5.31. The van der Waals surface area contributed by atoms with Crippen LogP contribution in [0.4, 0.5) is 5.69 Å². The Bertz CT molecular complexity index is 721. The molecule has 0 aromatic heterocycles. The van der Waals surface area contributed by atoms with Crippen LogP contribution in [-0.4, -0.2) is 12.5 Å². The highest BCUT2D eigenvalue weighted by atomic mass is 35.5. The van der Waals surface area contributed by atoms with Crippen molar-refractivity contribution in [3.8, 4) is 5.75 Å². The third-order valence-corrected chi connectivity index (χ3v) is 4.10. The molecule has 2 rings (SSSR count).